The highest BCUT2D eigenvalue weighted by atomic mass is 32.2. The SMILES string of the molecule is CCOc1ccc(Oc2ccc(S(=O)(=O)NCc3cccnc3N3CCN(C)CC3)cc2)cc1. The van der Waals surface area contributed by atoms with Crippen LogP contribution in [0.4, 0.5) is 5.82 Å². The zero-order valence-electron chi connectivity index (χ0n) is 19.5. The summed E-state index contributed by atoms with van der Waals surface area (Å²) in [5.41, 5.74) is 0.853. The summed E-state index contributed by atoms with van der Waals surface area (Å²) in [6.45, 7) is 6.33. The van der Waals surface area contributed by atoms with Crippen LogP contribution in [0.2, 0.25) is 0 Å². The Morgan fingerprint density at radius 3 is 2.18 bits per heavy atom. The smallest absolute Gasteiger partial charge is 0.240 e. The summed E-state index contributed by atoms with van der Waals surface area (Å²) >= 11 is 0. The molecule has 1 aromatic heterocycles. The van der Waals surface area contributed by atoms with Crippen molar-refractivity contribution >= 4 is 15.8 Å². The highest BCUT2D eigenvalue weighted by molar-refractivity contribution is 7.89. The van der Waals surface area contributed by atoms with Crippen LogP contribution in [-0.2, 0) is 16.6 Å². The summed E-state index contributed by atoms with van der Waals surface area (Å²) in [7, 11) is -1.60. The lowest BCUT2D eigenvalue weighted by atomic mass is 10.2. The second-order valence-electron chi connectivity index (χ2n) is 8.08. The molecule has 0 unspecified atom stereocenters. The normalized spacial score (nSPS) is 14.7. The maximum Gasteiger partial charge on any atom is 0.240 e. The van der Waals surface area contributed by atoms with Crippen molar-refractivity contribution in [1.29, 1.82) is 0 Å². The summed E-state index contributed by atoms with van der Waals surface area (Å²) in [4.78, 5) is 9.17. The van der Waals surface area contributed by atoms with E-state index in [9.17, 15) is 8.42 Å². The Kier molecular flexibility index (Phi) is 7.66. The molecule has 1 aliphatic heterocycles. The standard InChI is InChI=1S/C25H30N4O4S/c1-3-32-21-6-8-22(9-7-21)33-23-10-12-24(13-11-23)34(30,31)27-19-20-5-4-14-26-25(20)29-17-15-28(2)16-18-29/h4-14,27H,3,15-19H2,1-2H3. The lowest BCUT2D eigenvalue weighted by molar-refractivity contribution is 0.312. The maximum atomic E-state index is 12.9. The van der Waals surface area contributed by atoms with E-state index in [4.69, 9.17) is 9.47 Å². The number of nitrogens with one attached hydrogen (secondary N) is 1. The summed E-state index contributed by atoms with van der Waals surface area (Å²) < 4.78 is 39.7. The molecule has 1 N–H and O–H groups in total. The van der Waals surface area contributed by atoms with Gasteiger partial charge in [0.1, 0.15) is 23.1 Å². The van der Waals surface area contributed by atoms with Crippen LogP contribution in [-0.4, -0.2) is 58.1 Å². The van der Waals surface area contributed by atoms with E-state index in [2.05, 4.69) is 26.6 Å². The van der Waals surface area contributed by atoms with E-state index in [0.717, 1.165) is 43.3 Å². The predicted octanol–water partition coefficient (Wildman–Crippen LogP) is 3.50. The third-order valence-corrected chi connectivity index (χ3v) is 7.04. The molecule has 1 fully saturated rings. The minimum absolute atomic E-state index is 0.169. The van der Waals surface area contributed by atoms with Gasteiger partial charge in [-0.25, -0.2) is 18.1 Å². The summed E-state index contributed by atoms with van der Waals surface area (Å²) in [5.74, 6) is 2.79. The highest BCUT2D eigenvalue weighted by Gasteiger charge is 2.20. The topological polar surface area (TPSA) is 84.0 Å². The van der Waals surface area contributed by atoms with Gasteiger partial charge in [-0.2, -0.15) is 0 Å². The maximum absolute atomic E-state index is 12.9. The molecule has 0 aliphatic carbocycles. The number of benzene rings is 2. The first-order valence-electron chi connectivity index (χ1n) is 11.3. The summed E-state index contributed by atoms with van der Waals surface area (Å²) in [5, 5.41) is 0. The molecule has 34 heavy (non-hydrogen) atoms. The van der Waals surface area contributed by atoms with Crippen molar-refractivity contribution in [3.8, 4) is 17.2 Å². The molecule has 9 heteroatoms. The van der Waals surface area contributed by atoms with Crippen LogP contribution in [0.15, 0.2) is 71.8 Å². The van der Waals surface area contributed by atoms with Gasteiger partial charge in [0.15, 0.2) is 0 Å². The van der Waals surface area contributed by atoms with Gasteiger partial charge in [0.2, 0.25) is 10.0 Å². The Morgan fingerprint density at radius 1 is 0.912 bits per heavy atom. The molecule has 0 radical (unpaired) electrons. The predicted molar refractivity (Wildman–Crippen MR) is 132 cm³/mol. The van der Waals surface area contributed by atoms with Crippen LogP contribution >= 0.6 is 0 Å². The van der Waals surface area contributed by atoms with Gasteiger partial charge in [-0.15, -0.1) is 0 Å². The molecule has 2 heterocycles. The first-order valence-corrected chi connectivity index (χ1v) is 12.8. The number of ether oxygens (including phenoxy) is 2. The first-order chi connectivity index (χ1) is 16.4. The van der Waals surface area contributed by atoms with Gasteiger partial charge in [0, 0.05) is 44.5 Å². The van der Waals surface area contributed by atoms with Crippen LogP contribution in [0, 0.1) is 0 Å². The molecule has 180 valence electrons. The molecule has 1 saturated heterocycles. The van der Waals surface area contributed by atoms with E-state index in [1.807, 2.05) is 43.3 Å². The van der Waals surface area contributed by atoms with Crippen LogP contribution in [0.1, 0.15) is 12.5 Å². The third kappa shape index (κ3) is 6.05. The Morgan fingerprint density at radius 2 is 1.53 bits per heavy atom. The monoisotopic (exact) mass is 482 g/mol. The first kappa shape index (κ1) is 24.0. The van der Waals surface area contributed by atoms with E-state index in [-0.39, 0.29) is 11.4 Å². The number of aromatic nitrogens is 1. The Labute approximate surface area is 201 Å². The number of rotatable bonds is 9. The van der Waals surface area contributed by atoms with Crippen molar-refractivity contribution in [2.24, 2.45) is 0 Å². The van der Waals surface area contributed by atoms with Crippen molar-refractivity contribution in [2.45, 2.75) is 18.4 Å². The van der Waals surface area contributed by atoms with E-state index in [1.54, 1.807) is 18.3 Å². The molecule has 0 saturated carbocycles. The average molecular weight is 483 g/mol. The molecule has 2 aromatic carbocycles. The van der Waals surface area contributed by atoms with Gasteiger partial charge < -0.3 is 19.3 Å². The van der Waals surface area contributed by atoms with Gasteiger partial charge in [0.05, 0.1) is 11.5 Å². The minimum Gasteiger partial charge on any atom is -0.494 e. The second-order valence-corrected chi connectivity index (χ2v) is 9.85. The van der Waals surface area contributed by atoms with Gasteiger partial charge in [-0.05, 0) is 68.6 Å². The molecular formula is C25H30N4O4S. The zero-order valence-corrected chi connectivity index (χ0v) is 20.3. The number of hydrogen-bond donors (Lipinski definition) is 1. The van der Waals surface area contributed by atoms with Crippen molar-refractivity contribution in [3.05, 3.63) is 72.4 Å². The van der Waals surface area contributed by atoms with Crippen molar-refractivity contribution < 1.29 is 17.9 Å². The number of hydrogen-bond acceptors (Lipinski definition) is 7. The molecule has 4 rings (SSSR count). The van der Waals surface area contributed by atoms with E-state index < -0.39 is 10.0 Å². The van der Waals surface area contributed by atoms with Gasteiger partial charge in [-0.3, -0.25) is 0 Å². The van der Waals surface area contributed by atoms with Crippen LogP contribution in [0.25, 0.3) is 0 Å². The largest absolute Gasteiger partial charge is 0.494 e. The Balaban J connectivity index is 1.39. The van der Waals surface area contributed by atoms with Crippen LogP contribution in [0.5, 0.6) is 17.2 Å². The molecule has 3 aromatic rings. The fourth-order valence-electron chi connectivity index (χ4n) is 3.72. The second kappa shape index (κ2) is 10.9. The van der Waals surface area contributed by atoms with Crippen molar-refractivity contribution in [1.82, 2.24) is 14.6 Å². The number of piperazine rings is 1. The Hall–Kier alpha value is -3.14. The molecule has 0 amide bonds. The van der Waals surface area contributed by atoms with Gasteiger partial charge in [-0.1, -0.05) is 6.07 Å². The lowest BCUT2D eigenvalue weighted by Crippen LogP contribution is -2.45. The minimum atomic E-state index is -3.69. The molecule has 0 spiro atoms. The van der Waals surface area contributed by atoms with Crippen LogP contribution in [0.3, 0.4) is 0 Å². The van der Waals surface area contributed by atoms with Crippen LogP contribution < -0.4 is 19.1 Å². The van der Waals surface area contributed by atoms with Gasteiger partial charge in [0.25, 0.3) is 0 Å². The summed E-state index contributed by atoms with van der Waals surface area (Å²) in [6, 6.07) is 17.4. The molecule has 0 bridgehead atoms. The number of sulfonamides is 1. The van der Waals surface area contributed by atoms with E-state index in [1.165, 1.54) is 12.1 Å². The number of nitrogens with zero attached hydrogens (tertiary/aromatic N) is 3. The quantitative estimate of drug-likeness (QED) is 0.500. The highest BCUT2D eigenvalue weighted by Crippen LogP contribution is 2.25. The molecule has 0 atom stereocenters. The number of anilines is 1. The van der Waals surface area contributed by atoms with Gasteiger partial charge >= 0.3 is 0 Å². The molecular weight excluding hydrogens is 452 g/mol. The van der Waals surface area contributed by atoms with Crippen molar-refractivity contribution in [2.75, 3.05) is 44.7 Å². The zero-order chi connectivity index (χ0) is 24.0. The average Bonchev–Trinajstić information content (AvgIpc) is 2.85. The molecule has 8 nitrogen and oxygen atoms in total. The summed E-state index contributed by atoms with van der Waals surface area (Å²) in [6.07, 6.45) is 1.74. The van der Waals surface area contributed by atoms with Crippen molar-refractivity contribution in [3.63, 3.8) is 0 Å². The fraction of sp³-hybridized carbons (Fsp3) is 0.320. The fourth-order valence-corrected chi connectivity index (χ4v) is 4.73. The number of likely N-dealkylation sites (N-methyl/N-ethyl adjacent to an activating group) is 1. The Bertz CT molecular complexity index is 1180. The third-order valence-electron chi connectivity index (χ3n) is 5.63. The number of pyridine rings is 1. The van der Waals surface area contributed by atoms with E-state index >= 15 is 0 Å². The van der Waals surface area contributed by atoms with E-state index in [0.29, 0.717) is 18.1 Å². The molecule has 1 aliphatic rings. The lowest BCUT2D eigenvalue weighted by Gasteiger charge is -2.34.